The van der Waals surface area contributed by atoms with E-state index in [1.54, 1.807) is 16.9 Å². The summed E-state index contributed by atoms with van der Waals surface area (Å²) in [5, 5.41) is 18.2. The van der Waals surface area contributed by atoms with Crippen LogP contribution in [0.4, 0.5) is 11.5 Å². The number of primary amides is 1. The minimum atomic E-state index is -0.755. The van der Waals surface area contributed by atoms with Gasteiger partial charge in [0.1, 0.15) is 5.82 Å². The molecule has 2 aromatic carbocycles. The molecule has 0 saturated heterocycles. The Labute approximate surface area is 170 Å². The van der Waals surface area contributed by atoms with Gasteiger partial charge in [-0.3, -0.25) is 19.7 Å². The largest absolute Gasteiger partial charge is 0.366 e. The Kier molecular flexibility index (Phi) is 6.25. The molecule has 1 heterocycles. The third-order valence-corrected chi connectivity index (χ3v) is 5.02. The number of nitrogens with one attached hydrogen (secondary N) is 1. The molecule has 3 rings (SSSR count). The van der Waals surface area contributed by atoms with E-state index in [2.05, 4.69) is 10.4 Å². The molecule has 0 spiro atoms. The maximum absolute atomic E-state index is 12.3. The Morgan fingerprint density at radius 3 is 2.62 bits per heavy atom. The van der Waals surface area contributed by atoms with Crippen LogP contribution in [0.3, 0.4) is 0 Å². The van der Waals surface area contributed by atoms with E-state index in [4.69, 9.17) is 5.73 Å². The number of carbonyl (C=O) groups excluding carboxylic acids is 2. The van der Waals surface area contributed by atoms with E-state index in [1.807, 2.05) is 30.3 Å². The van der Waals surface area contributed by atoms with Gasteiger partial charge in [-0.25, -0.2) is 4.68 Å². The number of benzene rings is 2. The first-order valence-electron chi connectivity index (χ1n) is 8.50. The van der Waals surface area contributed by atoms with Crippen LogP contribution < -0.4 is 11.1 Å². The van der Waals surface area contributed by atoms with Crippen molar-refractivity contribution in [1.29, 1.82) is 0 Å². The molecule has 0 aliphatic heterocycles. The predicted molar refractivity (Wildman–Crippen MR) is 109 cm³/mol. The third-order valence-electron chi connectivity index (χ3n) is 3.96. The highest BCUT2D eigenvalue weighted by atomic mass is 32.2. The summed E-state index contributed by atoms with van der Waals surface area (Å²) in [6.07, 6.45) is 1.58. The number of nitrogens with zero attached hydrogens (tertiary/aromatic N) is 3. The van der Waals surface area contributed by atoms with Gasteiger partial charge in [0.25, 0.3) is 5.69 Å². The SMILES string of the molecule is NC(=O)c1ccc(SCC(=O)Nc2ccnn2Cc2ccccc2)c([N+](=O)[O-])c1. The van der Waals surface area contributed by atoms with Crippen molar-refractivity contribution in [3.05, 3.63) is 82.0 Å². The molecule has 0 unspecified atom stereocenters. The quantitative estimate of drug-likeness (QED) is 0.333. The second-order valence-electron chi connectivity index (χ2n) is 6.00. The van der Waals surface area contributed by atoms with E-state index in [-0.39, 0.29) is 27.8 Å². The lowest BCUT2D eigenvalue weighted by atomic mass is 10.2. The fourth-order valence-electron chi connectivity index (χ4n) is 2.58. The number of anilines is 1. The molecule has 148 valence electrons. The highest BCUT2D eigenvalue weighted by Crippen LogP contribution is 2.30. The summed E-state index contributed by atoms with van der Waals surface area (Å²) in [6.45, 7) is 0.497. The molecule has 29 heavy (non-hydrogen) atoms. The molecule has 10 heteroatoms. The molecule has 2 amide bonds. The summed E-state index contributed by atoms with van der Waals surface area (Å²) in [5.74, 6) is -0.613. The molecule has 9 nitrogen and oxygen atoms in total. The molecule has 0 radical (unpaired) electrons. The Balaban J connectivity index is 1.65. The molecule has 0 saturated carbocycles. The van der Waals surface area contributed by atoms with Crippen LogP contribution in [0.1, 0.15) is 15.9 Å². The summed E-state index contributed by atoms with van der Waals surface area (Å²) in [6, 6.07) is 15.3. The fraction of sp³-hybridized carbons (Fsp3) is 0.105. The normalized spacial score (nSPS) is 10.5. The average molecular weight is 411 g/mol. The summed E-state index contributed by atoms with van der Waals surface area (Å²) >= 11 is 1.00. The molecule has 0 atom stereocenters. The van der Waals surface area contributed by atoms with E-state index >= 15 is 0 Å². The van der Waals surface area contributed by atoms with Gasteiger partial charge in [0.15, 0.2) is 0 Å². The number of rotatable bonds is 8. The van der Waals surface area contributed by atoms with Crippen molar-refractivity contribution >= 4 is 35.1 Å². The van der Waals surface area contributed by atoms with Gasteiger partial charge in [0.05, 0.1) is 28.3 Å². The summed E-state index contributed by atoms with van der Waals surface area (Å²) in [5.41, 5.74) is 5.96. The zero-order chi connectivity index (χ0) is 20.8. The third kappa shape index (κ3) is 5.20. The lowest BCUT2D eigenvalue weighted by Crippen LogP contribution is -2.18. The number of thioether (sulfide) groups is 1. The van der Waals surface area contributed by atoms with Gasteiger partial charge in [0.2, 0.25) is 11.8 Å². The van der Waals surface area contributed by atoms with Crippen LogP contribution in [-0.4, -0.2) is 32.3 Å². The smallest absolute Gasteiger partial charge is 0.283 e. The van der Waals surface area contributed by atoms with Crippen LogP contribution in [-0.2, 0) is 11.3 Å². The van der Waals surface area contributed by atoms with Crippen LogP contribution in [0.25, 0.3) is 0 Å². The predicted octanol–water partition coefficient (Wildman–Crippen LogP) is 2.67. The number of amides is 2. The van der Waals surface area contributed by atoms with Crippen LogP contribution in [0, 0.1) is 10.1 Å². The van der Waals surface area contributed by atoms with Crippen molar-refractivity contribution in [1.82, 2.24) is 9.78 Å². The van der Waals surface area contributed by atoms with E-state index in [0.29, 0.717) is 12.4 Å². The van der Waals surface area contributed by atoms with Gasteiger partial charge in [-0.15, -0.1) is 11.8 Å². The van der Waals surface area contributed by atoms with Gasteiger partial charge >= 0.3 is 0 Å². The first-order valence-corrected chi connectivity index (χ1v) is 9.49. The molecule has 0 aliphatic carbocycles. The molecule has 3 N–H and O–H groups in total. The number of nitro groups is 1. The van der Waals surface area contributed by atoms with Crippen LogP contribution >= 0.6 is 11.8 Å². The maximum atomic E-state index is 12.3. The molecule has 1 aromatic heterocycles. The lowest BCUT2D eigenvalue weighted by Gasteiger charge is -2.09. The van der Waals surface area contributed by atoms with Gasteiger partial charge < -0.3 is 11.1 Å². The number of hydrogen-bond donors (Lipinski definition) is 2. The van der Waals surface area contributed by atoms with Gasteiger partial charge in [-0.1, -0.05) is 30.3 Å². The maximum Gasteiger partial charge on any atom is 0.283 e. The average Bonchev–Trinajstić information content (AvgIpc) is 3.13. The van der Waals surface area contributed by atoms with Crippen molar-refractivity contribution in [2.45, 2.75) is 11.4 Å². The van der Waals surface area contributed by atoms with Gasteiger partial charge in [-0.2, -0.15) is 5.10 Å². The zero-order valence-electron chi connectivity index (χ0n) is 15.1. The van der Waals surface area contributed by atoms with E-state index < -0.39 is 10.8 Å². The Morgan fingerprint density at radius 1 is 1.17 bits per heavy atom. The minimum absolute atomic E-state index is 0.0373. The number of nitro benzene ring substituents is 1. The zero-order valence-corrected chi connectivity index (χ0v) is 16.0. The first kappa shape index (κ1) is 20.1. The molecular formula is C19H17N5O4S. The number of carbonyl (C=O) groups is 2. The summed E-state index contributed by atoms with van der Waals surface area (Å²) in [4.78, 5) is 34.4. The Bertz CT molecular complexity index is 1050. The van der Waals surface area contributed by atoms with Gasteiger partial charge in [0, 0.05) is 17.7 Å². The van der Waals surface area contributed by atoms with E-state index in [0.717, 1.165) is 23.4 Å². The van der Waals surface area contributed by atoms with Crippen LogP contribution in [0.5, 0.6) is 0 Å². The first-order chi connectivity index (χ1) is 13.9. The minimum Gasteiger partial charge on any atom is -0.366 e. The fourth-order valence-corrected chi connectivity index (χ4v) is 3.38. The van der Waals surface area contributed by atoms with Crippen molar-refractivity contribution in [3.8, 4) is 0 Å². The molecule has 3 aromatic rings. The topological polar surface area (TPSA) is 133 Å². The van der Waals surface area contributed by atoms with Crippen molar-refractivity contribution in [2.24, 2.45) is 5.73 Å². The number of hydrogen-bond acceptors (Lipinski definition) is 6. The Morgan fingerprint density at radius 2 is 1.93 bits per heavy atom. The second kappa shape index (κ2) is 9.02. The highest BCUT2D eigenvalue weighted by molar-refractivity contribution is 8.00. The van der Waals surface area contributed by atoms with Crippen molar-refractivity contribution < 1.29 is 14.5 Å². The molecule has 0 bridgehead atoms. The monoisotopic (exact) mass is 411 g/mol. The molecular weight excluding hydrogens is 394 g/mol. The second-order valence-corrected chi connectivity index (χ2v) is 7.02. The van der Waals surface area contributed by atoms with E-state index in [1.165, 1.54) is 12.1 Å². The number of nitrogens with two attached hydrogens (primary N) is 1. The number of aromatic nitrogens is 2. The van der Waals surface area contributed by atoms with Crippen LogP contribution in [0.2, 0.25) is 0 Å². The van der Waals surface area contributed by atoms with Crippen LogP contribution in [0.15, 0.2) is 65.7 Å². The van der Waals surface area contributed by atoms with Gasteiger partial charge in [-0.05, 0) is 17.7 Å². The Hall–Kier alpha value is -3.66. The molecule has 0 aliphatic rings. The highest BCUT2D eigenvalue weighted by Gasteiger charge is 2.18. The van der Waals surface area contributed by atoms with Crippen molar-refractivity contribution in [3.63, 3.8) is 0 Å². The lowest BCUT2D eigenvalue weighted by molar-refractivity contribution is -0.387. The summed E-state index contributed by atoms with van der Waals surface area (Å²) in [7, 11) is 0. The summed E-state index contributed by atoms with van der Waals surface area (Å²) < 4.78 is 1.65. The van der Waals surface area contributed by atoms with Crippen molar-refractivity contribution in [2.75, 3.05) is 11.1 Å². The standard InChI is InChI=1S/C19H17N5O4S/c20-19(26)14-6-7-16(15(10-14)24(27)28)29-12-18(25)22-17-8-9-21-23(17)11-13-4-2-1-3-5-13/h1-10H,11-12H2,(H2,20,26)(H,22,25). The molecule has 0 fully saturated rings. The van der Waals surface area contributed by atoms with E-state index in [9.17, 15) is 19.7 Å².